The first-order valence-corrected chi connectivity index (χ1v) is 4.37. The van der Waals surface area contributed by atoms with Crippen LogP contribution < -0.4 is 10.5 Å². The summed E-state index contributed by atoms with van der Waals surface area (Å²) in [5.74, 6) is 0.960. The van der Waals surface area contributed by atoms with Crippen LogP contribution in [0.1, 0.15) is 12.5 Å². The maximum absolute atomic E-state index is 5.61. The lowest BCUT2D eigenvalue weighted by molar-refractivity contribution is 0.0884. The summed E-state index contributed by atoms with van der Waals surface area (Å²) in [5.41, 5.74) is 6.37. The minimum Gasteiger partial charge on any atom is -0.472 e. The summed E-state index contributed by atoms with van der Waals surface area (Å²) in [4.78, 5) is 7.84. The van der Waals surface area contributed by atoms with Crippen LogP contribution in [-0.4, -0.2) is 29.8 Å². The summed E-state index contributed by atoms with van der Waals surface area (Å²) < 4.78 is 10.5. The summed E-state index contributed by atoms with van der Waals surface area (Å²) in [6, 6.07) is 0. The maximum atomic E-state index is 5.61. The zero-order chi connectivity index (χ0) is 10.6. The van der Waals surface area contributed by atoms with Crippen molar-refractivity contribution in [3.05, 3.63) is 11.9 Å². The van der Waals surface area contributed by atoms with Gasteiger partial charge in [-0.2, -0.15) is 0 Å². The molecule has 0 spiro atoms. The van der Waals surface area contributed by atoms with Gasteiger partial charge in [0.25, 0.3) is 0 Å². The topological polar surface area (TPSA) is 70.3 Å². The Hall–Kier alpha value is -1.36. The Morgan fingerprint density at radius 2 is 2.21 bits per heavy atom. The fraction of sp³-hybridized carbons (Fsp3) is 0.556. The molecule has 0 aliphatic heterocycles. The largest absolute Gasteiger partial charge is 0.472 e. The van der Waals surface area contributed by atoms with Crippen LogP contribution in [0.15, 0.2) is 6.33 Å². The van der Waals surface area contributed by atoms with Crippen LogP contribution in [0.25, 0.3) is 0 Å². The van der Waals surface area contributed by atoms with Crippen molar-refractivity contribution in [1.29, 1.82) is 0 Å². The average Bonchev–Trinajstić information content (AvgIpc) is 2.13. The van der Waals surface area contributed by atoms with Crippen molar-refractivity contribution in [1.82, 2.24) is 9.97 Å². The first kappa shape index (κ1) is 10.7. The molecule has 5 heteroatoms. The lowest BCUT2D eigenvalue weighted by Crippen LogP contribution is -2.19. The number of methoxy groups -OCH3 is 1. The van der Waals surface area contributed by atoms with Crippen LogP contribution in [0.4, 0.5) is 5.82 Å². The van der Waals surface area contributed by atoms with E-state index >= 15 is 0 Å². The van der Waals surface area contributed by atoms with Crippen molar-refractivity contribution in [3.63, 3.8) is 0 Å². The Bertz CT molecular complexity index is 304. The predicted molar refractivity (Wildman–Crippen MR) is 53.1 cm³/mol. The van der Waals surface area contributed by atoms with E-state index in [4.69, 9.17) is 15.2 Å². The number of nitrogen functional groups attached to an aromatic ring is 1. The van der Waals surface area contributed by atoms with E-state index < -0.39 is 0 Å². The molecule has 0 saturated heterocycles. The maximum Gasteiger partial charge on any atom is 0.221 e. The van der Waals surface area contributed by atoms with E-state index in [9.17, 15) is 0 Å². The van der Waals surface area contributed by atoms with E-state index in [-0.39, 0.29) is 6.10 Å². The van der Waals surface area contributed by atoms with E-state index in [0.717, 1.165) is 5.56 Å². The fourth-order valence-corrected chi connectivity index (χ4v) is 1.02. The van der Waals surface area contributed by atoms with E-state index in [2.05, 4.69) is 9.97 Å². The number of anilines is 1. The van der Waals surface area contributed by atoms with Crippen LogP contribution in [0.3, 0.4) is 0 Å². The third kappa shape index (κ3) is 2.56. The highest BCUT2D eigenvalue weighted by Gasteiger charge is 2.09. The number of ether oxygens (including phenoxy) is 2. The van der Waals surface area contributed by atoms with Crippen molar-refractivity contribution in [2.75, 3.05) is 19.5 Å². The molecular formula is C9H15N3O2. The Kier molecular flexibility index (Phi) is 3.64. The van der Waals surface area contributed by atoms with Crippen molar-refractivity contribution in [3.8, 4) is 5.88 Å². The normalized spacial score (nSPS) is 12.5. The number of hydrogen-bond donors (Lipinski definition) is 1. The van der Waals surface area contributed by atoms with Gasteiger partial charge in [-0.1, -0.05) is 0 Å². The molecule has 0 aromatic carbocycles. The second-order valence-electron chi connectivity index (χ2n) is 3.07. The highest BCUT2D eigenvalue weighted by Crippen LogP contribution is 2.18. The zero-order valence-corrected chi connectivity index (χ0v) is 8.65. The lowest BCUT2D eigenvalue weighted by atomic mass is 10.3. The van der Waals surface area contributed by atoms with Crippen molar-refractivity contribution in [2.24, 2.45) is 0 Å². The number of aromatic nitrogens is 2. The zero-order valence-electron chi connectivity index (χ0n) is 8.65. The molecule has 1 heterocycles. The summed E-state index contributed by atoms with van der Waals surface area (Å²) in [6.45, 7) is 4.24. The van der Waals surface area contributed by atoms with Crippen molar-refractivity contribution >= 4 is 5.82 Å². The monoisotopic (exact) mass is 197 g/mol. The standard InChI is InChI=1S/C9H15N3O2/c1-6(4-13-3)14-9-7(2)8(10)11-5-12-9/h5-6H,4H2,1-3H3,(H2,10,11,12). The number of nitrogens with two attached hydrogens (primary N) is 1. The number of hydrogen-bond acceptors (Lipinski definition) is 5. The first-order valence-electron chi connectivity index (χ1n) is 4.37. The third-order valence-corrected chi connectivity index (χ3v) is 1.79. The van der Waals surface area contributed by atoms with Gasteiger partial charge in [-0.15, -0.1) is 0 Å². The van der Waals surface area contributed by atoms with Crippen LogP contribution in [0, 0.1) is 6.92 Å². The Morgan fingerprint density at radius 1 is 1.50 bits per heavy atom. The van der Waals surface area contributed by atoms with Crippen LogP contribution in [-0.2, 0) is 4.74 Å². The predicted octanol–water partition coefficient (Wildman–Crippen LogP) is 0.781. The van der Waals surface area contributed by atoms with E-state index in [1.807, 2.05) is 13.8 Å². The molecule has 5 nitrogen and oxygen atoms in total. The fourth-order valence-electron chi connectivity index (χ4n) is 1.02. The van der Waals surface area contributed by atoms with Crippen LogP contribution in [0.2, 0.25) is 0 Å². The molecular weight excluding hydrogens is 182 g/mol. The van der Waals surface area contributed by atoms with Gasteiger partial charge in [0.05, 0.1) is 12.2 Å². The smallest absolute Gasteiger partial charge is 0.221 e. The molecule has 0 bridgehead atoms. The molecule has 1 aromatic heterocycles. The minimum atomic E-state index is -0.0481. The molecule has 0 radical (unpaired) electrons. The van der Waals surface area contributed by atoms with Gasteiger partial charge in [-0.05, 0) is 13.8 Å². The van der Waals surface area contributed by atoms with Crippen molar-refractivity contribution < 1.29 is 9.47 Å². The molecule has 2 N–H and O–H groups in total. The first-order chi connectivity index (χ1) is 6.65. The highest BCUT2D eigenvalue weighted by molar-refractivity contribution is 5.43. The van der Waals surface area contributed by atoms with Gasteiger partial charge in [0.1, 0.15) is 18.2 Å². The van der Waals surface area contributed by atoms with Gasteiger partial charge in [-0.25, -0.2) is 9.97 Å². The Morgan fingerprint density at radius 3 is 2.86 bits per heavy atom. The molecule has 14 heavy (non-hydrogen) atoms. The molecule has 0 fully saturated rings. The molecule has 1 rings (SSSR count). The van der Waals surface area contributed by atoms with E-state index in [1.54, 1.807) is 7.11 Å². The van der Waals surface area contributed by atoms with Gasteiger partial charge in [0, 0.05) is 7.11 Å². The Balaban J connectivity index is 2.71. The summed E-state index contributed by atoms with van der Waals surface area (Å²) >= 11 is 0. The summed E-state index contributed by atoms with van der Waals surface area (Å²) in [5, 5.41) is 0. The SMILES string of the molecule is COCC(C)Oc1ncnc(N)c1C. The lowest BCUT2D eigenvalue weighted by Gasteiger charge is -2.14. The minimum absolute atomic E-state index is 0.0481. The van der Waals surface area contributed by atoms with Crippen LogP contribution in [0.5, 0.6) is 5.88 Å². The van der Waals surface area contributed by atoms with Gasteiger partial charge in [0.15, 0.2) is 0 Å². The van der Waals surface area contributed by atoms with Gasteiger partial charge in [-0.3, -0.25) is 0 Å². The van der Waals surface area contributed by atoms with Gasteiger partial charge < -0.3 is 15.2 Å². The average molecular weight is 197 g/mol. The third-order valence-electron chi connectivity index (χ3n) is 1.79. The van der Waals surface area contributed by atoms with Crippen molar-refractivity contribution in [2.45, 2.75) is 20.0 Å². The molecule has 0 aliphatic carbocycles. The van der Waals surface area contributed by atoms with Gasteiger partial charge >= 0.3 is 0 Å². The summed E-state index contributed by atoms with van der Waals surface area (Å²) in [6.07, 6.45) is 1.34. The molecule has 0 amide bonds. The highest BCUT2D eigenvalue weighted by atomic mass is 16.5. The molecule has 78 valence electrons. The summed E-state index contributed by atoms with van der Waals surface area (Å²) in [7, 11) is 1.63. The van der Waals surface area contributed by atoms with Gasteiger partial charge in [0.2, 0.25) is 5.88 Å². The van der Waals surface area contributed by atoms with E-state index in [0.29, 0.717) is 18.3 Å². The molecule has 0 aliphatic rings. The second-order valence-corrected chi connectivity index (χ2v) is 3.07. The Labute approximate surface area is 83.3 Å². The van der Waals surface area contributed by atoms with Crippen LogP contribution >= 0.6 is 0 Å². The quantitative estimate of drug-likeness (QED) is 0.772. The molecule has 1 aromatic rings. The molecule has 0 saturated carbocycles. The molecule has 1 atom stereocenters. The second kappa shape index (κ2) is 4.76. The number of nitrogens with zero attached hydrogens (tertiary/aromatic N) is 2. The van der Waals surface area contributed by atoms with E-state index in [1.165, 1.54) is 6.33 Å². The number of rotatable bonds is 4. The molecule has 1 unspecified atom stereocenters.